The van der Waals surface area contributed by atoms with E-state index >= 15 is 0 Å². The van der Waals surface area contributed by atoms with Gasteiger partial charge in [-0.25, -0.2) is 0 Å². The molecule has 0 saturated carbocycles. The molecule has 3 aliphatic rings. The average Bonchev–Trinajstić information content (AvgIpc) is 2.95. The number of phenolic OH excluding ortho intramolecular Hbond substituents is 1. The molecular weight excluding hydrogens is 566 g/mol. The van der Waals surface area contributed by atoms with Gasteiger partial charge in [0.05, 0.1) is 18.7 Å². The number of primary amides is 1. The Hall–Kier alpha value is -4.45. The molecule has 5 rings (SSSR count). The summed E-state index contributed by atoms with van der Waals surface area (Å²) in [4.78, 5) is 43.3. The Morgan fingerprint density at radius 1 is 1.16 bits per heavy atom. The van der Waals surface area contributed by atoms with Crippen LogP contribution in [0.25, 0.3) is 11.1 Å². The van der Waals surface area contributed by atoms with Gasteiger partial charge in [-0.05, 0) is 74.8 Å². The van der Waals surface area contributed by atoms with Crippen LogP contribution >= 0.6 is 0 Å². The predicted octanol–water partition coefficient (Wildman–Crippen LogP) is 2.41. The highest BCUT2D eigenvalue weighted by Crippen LogP contribution is 2.53. The molecule has 3 aliphatic carbocycles. The molecule has 1 amide bonds. The zero-order valence-corrected chi connectivity index (χ0v) is 25.1. The number of methoxy groups -OCH3 is 1. The summed E-state index contributed by atoms with van der Waals surface area (Å²) in [5.41, 5.74) is 4.59. The lowest BCUT2D eigenvalue weighted by atomic mass is 9.58. The lowest BCUT2D eigenvalue weighted by molar-refractivity contribution is -0.148. The van der Waals surface area contributed by atoms with Crippen LogP contribution in [0.4, 0.5) is 0 Å². The molecule has 0 aromatic heterocycles. The second kappa shape index (κ2) is 11.2. The molecule has 0 heterocycles. The van der Waals surface area contributed by atoms with Gasteiger partial charge in [0.1, 0.15) is 28.6 Å². The number of aromatic hydroxyl groups is 1. The molecule has 2 aromatic rings. The zero-order chi connectivity index (χ0) is 32.2. The molecule has 6 N–H and O–H groups in total. The highest BCUT2D eigenvalue weighted by molar-refractivity contribution is 6.24. The molecular formula is C33H37N3O8. The summed E-state index contributed by atoms with van der Waals surface area (Å²) in [6.07, 6.45) is 2.01. The normalized spacial score (nSPS) is 24.8. The molecule has 0 spiro atoms. The average molecular weight is 604 g/mol. The van der Waals surface area contributed by atoms with E-state index in [0.29, 0.717) is 30.0 Å². The van der Waals surface area contributed by atoms with Crippen molar-refractivity contribution in [1.82, 2.24) is 9.80 Å². The number of hydrogen-bond acceptors (Lipinski definition) is 10. The van der Waals surface area contributed by atoms with E-state index in [1.807, 2.05) is 25.2 Å². The number of fused-ring (bicyclic) bond motifs is 3. The number of hydrogen-bond donors (Lipinski definition) is 5. The van der Waals surface area contributed by atoms with Crippen molar-refractivity contribution in [2.75, 3.05) is 34.8 Å². The number of likely N-dealkylation sites (N-methyl/N-ethyl adjacent to an activating group) is 2. The van der Waals surface area contributed by atoms with Crippen LogP contribution in [-0.2, 0) is 22.6 Å². The number of ether oxygens (including phenoxy) is 1. The lowest BCUT2D eigenvalue weighted by Gasteiger charge is -2.50. The minimum atomic E-state index is -2.68. The SMILES string of the molecule is C=CCN(C)Cc1cc(-c2ccc(O)c3c2C[C@H]2C[C@H]4[C@H](N(C)C)C(O)=C(C(N)=O)C(=O)[C@@]4(O)C(O)=C2C3=O)ccc1OC. The topological polar surface area (TPSA) is 174 Å². The van der Waals surface area contributed by atoms with Gasteiger partial charge in [-0.2, -0.15) is 0 Å². The van der Waals surface area contributed by atoms with Gasteiger partial charge in [0.25, 0.3) is 5.91 Å². The fraction of sp³-hybridized carbons (Fsp3) is 0.364. The van der Waals surface area contributed by atoms with Crippen molar-refractivity contribution in [3.63, 3.8) is 0 Å². The molecule has 0 saturated heterocycles. The Kier molecular flexibility index (Phi) is 7.91. The summed E-state index contributed by atoms with van der Waals surface area (Å²) in [6, 6.07) is 7.75. The van der Waals surface area contributed by atoms with Crippen molar-refractivity contribution in [3.8, 4) is 22.6 Å². The maximum absolute atomic E-state index is 14.1. The standard InChI is InChI=1S/C33H37N3O8/c1-6-11-36(4)15-18-12-16(7-10-23(18)44-5)19-8-9-22(37)25-20(19)13-17-14-21-27(35(2)3)29(39)26(32(34)42)31(41)33(21,43)30(40)24(17)28(25)38/h6-10,12,17,21,27,37,39-40,43H,1,11,13-15H2,2-5H3,(H2,34,42)/t17-,21-,27-,33-/m0/s1. The molecule has 4 atom stereocenters. The Bertz CT molecular complexity index is 1660. The highest BCUT2D eigenvalue weighted by Gasteiger charge is 2.63. The van der Waals surface area contributed by atoms with Gasteiger partial charge < -0.3 is 30.9 Å². The quantitative estimate of drug-likeness (QED) is 0.223. The summed E-state index contributed by atoms with van der Waals surface area (Å²) >= 11 is 0. The molecule has 0 bridgehead atoms. The summed E-state index contributed by atoms with van der Waals surface area (Å²) in [6.45, 7) is 5.02. The molecule has 44 heavy (non-hydrogen) atoms. The third kappa shape index (κ3) is 4.59. The molecule has 11 heteroatoms. The Balaban J connectivity index is 1.66. The molecule has 0 fully saturated rings. The first-order valence-corrected chi connectivity index (χ1v) is 14.2. The number of amides is 1. The first-order valence-electron chi connectivity index (χ1n) is 14.2. The maximum Gasteiger partial charge on any atom is 0.255 e. The summed E-state index contributed by atoms with van der Waals surface area (Å²) in [5, 5.41) is 45.2. The Morgan fingerprint density at radius 3 is 2.48 bits per heavy atom. The van der Waals surface area contributed by atoms with Crippen molar-refractivity contribution in [3.05, 3.63) is 82.3 Å². The second-order valence-corrected chi connectivity index (χ2v) is 12.0. The first-order chi connectivity index (χ1) is 20.8. The van der Waals surface area contributed by atoms with Crippen LogP contribution in [-0.4, -0.2) is 94.1 Å². The number of carbonyl (C=O) groups excluding carboxylic acids is 3. The summed E-state index contributed by atoms with van der Waals surface area (Å²) < 4.78 is 5.59. The molecule has 2 aromatic carbocycles. The van der Waals surface area contributed by atoms with Gasteiger partial charge in [-0.15, -0.1) is 6.58 Å². The van der Waals surface area contributed by atoms with Crippen LogP contribution in [0.1, 0.15) is 27.9 Å². The number of phenols is 1. The van der Waals surface area contributed by atoms with Crippen LogP contribution in [0.2, 0.25) is 0 Å². The number of rotatable bonds is 8. The van der Waals surface area contributed by atoms with E-state index < -0.39 is 58.0 Å². The number of nitrogens with zero attached hydrogens (tertiary/aromatic N) is 2. The number of aliphatic hydroxyl groups excluding tert-OH is 2. The molecule has 0 unspecified atom stereocenters. The van der Waals surface area contributed by atoms with E-state index in [1.54, 1.807) is 33.3 Å². The Labute approximate surface area is 255 Å². The number of ketones is 2. The molecule has 232 valence electrons. The van der Waals surface area contributed by atoms with E-state index in [-0.39, 0.29) is 29.7 Å². The first kappa shape index (κ1) is 31.0. The van der Waals surface area contributed by atoms with E-state index in [1.165, 1.54) is 11.0 Å². The van der Waals surface area contributed by atoms with Gasteiger partial charge >= 0.3 is 0 Å². The zero-order valence-electron chi connectivity index (χ0n) is 25.1. The van der Waals surface area contributed by atoms with E-state index in [9.17, 15) is 34.8 Å². The number of nitrogens with two attached hydrogens (primary N) is 1. The van der Waals surface area contributed by atoms with E-state index in [2.05, 4.69) is 11.5 Å². The number of aliphatic hydroxyl groups is 3. The van der Waals surface area contributed by atoms with E-state index in [4.69, 9.17) is 10.5 Å². The van der Waals surface area contributed by atoms with Crippen molar-refractivity contribution in [2.24, 2.45) is 17.6 Å². The molecule has 0 radical (unpaired) electrons. The van der Waals surface area contributed by atoms with Crippen molar-refractivity contribution in [2.45, 2.75) is 31.0 Å². The minimum Gasteiger partial charge on any atom is -0.510 e. The number of carbonyl (C=O) groups is 3. The second-order valence-electron chi connectivity index (χ2n) is 12.0. The molecule has 0 aliphatic heterocycles. The van der Waals surface area contributed by atoms with Gasteiger partial charge in [0, 0.05) is 30.1 Å². The van der Waals surface area contributed by atoms with Crippen molar-refractivity contribution < 1.29 is 39.5 Å². The van der Waals surface area contributed by atoms with Gasteiger partial charge in [0.2, 0.25) is 5.78 Å². The van der Waals surface area contributed by atoms with Crippen LogP contribution in [0.15, 0.2) is 65.7 Å². The van der Waals surface area contributed by atoms with Crippen molar-refractivity contribution in [1.29, 1.82) is 0 Å². The summed E-state index contributed by atoms with van der Waals surface area (Å²) in [7, 11) is 6.73. The van der Waals surface area contributed by atoms with Crippen LogP contribution in [0.3, 0.4) is 0 Å². The fourth-order valence-electron chi connectivity index (χ4n) is 7.17. The third-order valence-electron chi connectivity index (χ3n) is 9.08. The van der Waals surface area contributed by atoms with Crippen LogP contribution in [0.5, 0.6) is 11.5 Å². The third-order valence-corrected chi connectivity index (χ3v) is 9.08. The lowest BCUT2D eigenvalue weighted by Crippen LogP contribution is -2.63. The van der Waals surface area contributed by atoms with Crippen LogP contribution in [0, 0.1) is 11.8 Å². The van der Waals surface area contributed by atoms with Crippen LogP contribution < -0.4 is 10.5 Å². The van der Waals surface area contributed by atoms with Crippen molar-refractivity contribution >= 4 is 17.5 Å². The maximum atomic E-state index is 14.1. The van der Waals surface area contributed by atoms with E-state index in [0.717, 1.165) is 11.1 Å². The van der Waals surface area contributed by atoms with Gasteiger partial charge in [0.15, 0.2) is 11.4 Å². The number of Topliss-reactive ketones (excluding diaryl/α,β-unsaturated/α-hetero) is 2. The monoisotopic (exact) mass is 603 g/mol. The number of benzene rings is 2. The Morgan fingerprint density at radius 2 is 1.86 bits per heavy atom. The fourth-order valence-corrected chi connectivity index (χ4v) is 7.17. The largest absolute Gasteiger partial charge is 0.510 e. The molecule has 11 nitrogen and oxygen atoms in total. The predicted molar refractivity (Wildman–Crippen MR) is 162 cm³/mol. The summed E-state index contributed by atoms with van der Waals surface area (Å²) in [5.74, 6) is -6.13. The smallest absolute Gasteiger partial charge is 0.255 e. The number of allylic oxidation sites excluding steroid dienone is 1. The van der Waals surface area contributed by atoms with Gasteiger partial charge in [-0.1, -0.05) is 18.2 Å². The van der Waals surface area contributed by atoms with Gasteiger partial charge in [-0.3, -0.25) is 24.2 Å². The highest BCUT2D eigenvalue weighted by atomic mass is 16.5. The minimum absolute atomic E-state index is 0.0149.